The summed E-state index contributed by atoms with van der Waals surface area (Å²) in [6, 6.07) is 5.86. The fraction of sp³-hybridized carbons (Fsp3) is 0.462. The molecule has 0 aliphatic carbocycles. The van der Waals surface area contributed by atoms with Crippen LogP contribution < -0.4 is 10.6 Å². The van der Waals surface area contributed by atoms with E-state index < -0.39 is 6.85 Å². The minimum absolute atomic E-state index is 0.0396. The van der Waals surface area contributed by atoms with Crippen LogP contribution in [0.3, 0.4) is 0 Å². The fourth-order valence-corrected chi connectivity index (χ4v) is 1.99. The highest BCUT2D eigenvalue weighted by atomic mass is 16.1. The number of hydrogen-bond donors (Lipinski definition) is 2. The van der Waals surface area contributed by atoms with E-state index in [0.29, 0.717) is 13.0 Å². The van der Waals surface area contributed by atoms with Gasteiger partial charge in [-0.25, -0.2) is 0 Å². The third-order valence-electron chi connectivity index (χ3n) is 2.76. The molecule has 0 saturated heterocycles. The molecule has 0 radical (unpaired) electrons. The molecule has 1 aromatic carbocycles. The Morgan fingerprint density at radius 2 is 2.44 bits per heavy atom. The zero-order valence-corrected chi connectivity index (χ0v) is 9.18. The van der Waals surface area contributed by atoms with Crippen molar-refractivity contribution in [3.05, 3.63) is 29.3 Å². The first-order chi connectivity index (χ1) is 8.96. The minimum Gasteiger partial charge on any atom is -0.326 e. The van der Waals surface area contributed by atoms with Crippen molar-refractivity contribution in [3.63, 3.8) is 0 Å². The van der Waals surface area contributed by atoms with Gasteiger partial charge in [-0.2, -0.15) is 0 Å². The summed E-state index contributed by atoms with van der Waals surface area (Å²) in [6.07, 6.45) is 1.43. The molecule has 0 aromatic heterocycles. The Hall–Kier alpha value is -1.35. The van der Waals surface area contributed by atoms with Crippen molar-refractivity contribution in [3.8, 4) is 0 Å². The van der Waals surface area contributed by atoms with E-state index in [0.717, 1.165) is 29.8 Å². The Bertz CT molecular complexity index is 471. The normalized spacial score (nSPS) is 17.2. The van der Waals surface area contributed by atoms with E-state index in [9.17, 15) is 4.79 Å². The summed E-state index contributed by atoms with van der Waals surface area (Å²) < 4.78 is 21.3. The number of amides is 1. The Morgan fingerprint density at radius 3 is 3.31 bits per heavy atom. The number of hydrogen-bond acceptors (Lipinski definition) is 2. The molecule has 0 fully saturated rings. The van der Waals surface area contributed by atoms with Crippen molar-refractivity contribution in [1.29, 1.82) is 0 Å². The molecule has 0 saturated carbocycles. The number of carbonyl (C=O) groups excluding carboxylic acids is 1. The van der Waals surface area contributed by atoms with Crippen LogP contribution in [0.5, 0.6) is 0 Å². The van der Waals surface area contributed by atoms with Gasteiger partial charge in [0.15, 0.2) is 0 Å². The standard InChI is InChI=1S/C13H18N2O/c1-2-7-14-8-6-10-4-3-5-12-11(10)9-13(16)15-12/h3-5,14H,2,6-9H2,1H3,(H,15,16)/i1D3. The molecular weight excluding hydrogens is 200 g/mol. The number of nitrogens with one attached hydrogen (secondary N) is 2. The van der Waals surface area contributed by atoms with Gasteiger partial charge in [0.25, 0.3) is 0 Å². The predicted molar refractivity (Wildman–Crippen MR) is 65.6 cm³/mol. The molecule has 0 spiro atoms. The van der Waals surface area contributed by atoms with Crippen molar-refractivity contribution >= 4 is 11.6 Å². The molecule has 0 atom stereocenters. The van der Waals surface area contributed by atoms with E-state index in [1.54, 1.807) is 0 Å². The van der Waals surface area contributed by atoms with Crippen LogP contribution in [-0.2, 0) is 17.6 Å². The Labute approximate surface area is 100 Å². The summed E-state index contributed by atoms with van der Waals surface area (Å²) in [5, 5.41) is 5.95. The van der Waals surface area contributed by atoms with Gasteiger partial charge in [-0.05, 0) is 43.1 Å². The van der Waals surface area contributed by atoms with Gasteiger partial charge in [0.2, 0.25) is 5.91 Å². The molecule has 16 heavy (non-hydrogen) atoms. The quantitative estimate of drug-likeness (QED) is 0.743. The molecule has 2 rings (SSSR count). The highest BCUT2D eigenvalue weighted by Crippen LogP contribution is 2.26. The lowest BCUT2D eigenvalue weighted by Gasteiger charge is -2.07. The highest BCUT2D eigenvalue weighted by Gasteiger charge is 2.19. The second kappa shape index (κ2) is 5.12. The van der Waals surface area contributed by atoms with Crippen molar-refractivity contribution < 1.29 is 8.91 Å². The van der Waals surface area contributed by atoms with Crippen LogP contribution in [-0.4, -0.2) is 19.0 Å². The van der Waals surface area contributed by atoms with E-state index >= 15 is 0 Å². The Morgan fingerprint density at radius 1 is 1.50 bits per heavy atom. The summed E-state index contributed by atoms with van der Waals surface area (Å²) in [6.45, 7) is -0.652. The number of fused-ring (bicyclic) bond motifs is 1. The lowest BCUT2D eigenvalue weighted by molar-refractivity contribution is -0.115. The van der Waals surface area contributed by atoms with Crippen LogP contribution in [0.25, 0.3) is 0 Å². The molecule has 0 bridgehead atoms. The van der Waals surface area contributed by atoms with Gasteiger partial charge >= 0.3 is 0 Å². The summed E-state index contributed by atoms with van der Waals surface area (Å²) in [5.41, 5.74) is 3.13. The van der Waals surface area contributed by atoms with E-state index in [1.807, 2.05) is 18.2 Å². The van der Waals surface area contributed by atoms with Crippen LogP contribution >= 0.6 is 0 Å². The van der Waals surface area contributed by atoms with Gasteiger partial charge in [0.05, 0.1) is 6.42 Å². The van der Waals surface area contributed by atoms with Crippen molar-refractivity contribution in [2.75, 3.05) is 18.4 Å². The summed E-state index contributed by atoms with van der Waals surface area (Å²) in [4.78, 5) is 11.3. The summed E-state index contributed by atoms with van der Waals surface area (Å²) in [7, 11) is 0. The van der Waals surface area contributed by atoms with Crippen LogP contribution in [0.1, 0.15) is 28.5 Å². The molecule has 1 aliphatic heterocycles. The third-order valence-corrected chi connectivity index (χ3v) is 2.76. The molecule has 2 N–H and O–H groups in total. The maximum Gasteiger partial charge on any atom is 0.228 e. The molecule has 1 aliphatic rings. The summed E-state index contributed by atoms with van der Waals surface area (Å²) in [5.74, 6) is 0.0396. The van der Waals surface area contributed by atoms with Gasteiger partial charge < -0.3 is 10.6 Å². The van der Waals surface area contributed by atoms with Gasteiger partial charge in [-0.1, -0.05) is 19.0 Å². The first kappa shape index (κ1) is 7.85. The number of rotatable bonds is 5. The first-order valence-electron chi connectivity index (χ1n) is 7.07. The third kappa shape index (κ3) is 2.42. The number of carbonyl (C=O) groups is 1. The maximum atomic E-state index is 11.3. The van der Waals surface area contributed by atoms with Crippen LogP contribution in [0.15, 0.2) is 18.2 Å². The number of anilines is 1. The second-order valence-corrected chi connectivity index (χ2v) is 3.92. The fourth-order valence-electron chi connectivity index (χ4n) is 1.99. The Balaban J connectivity index is 1.82. The van der Waals surface area contributed by atoms with Crippen LogP contribution in [0.4, 0.5) is 5.69 Å². The van der Waals surface area contributed by atoms with Crippen LogP contribution in [0, 0.1) is 0 Å². The smallest absolute Gasteiger partial charge is 0.228 e. The van der Waals surface area contributed by atoms with E-state index in [2.05, 4.69) is 10.6 Å². The van der Waals surface area contributed by atoms with Gasteiger partial charge in [0, 0.05) is 9.80 Å². The van der Waals surface area contributed by atoms with Gasteiger partial charge in [-0.15, -0.1) is 0 Å². The molecule has 1 heterocycles. The maximum absolute atomic E-state index is 11.3. The molecular formula is C13H18N2O. The number of benzene rings is 1. The first-order valence-corrected chi connectivity index (χ1v) is 5.57. The van der Waals surface area contributed by atoms with Crippen molar-refractivity contribution in [1.82, 2.24) is 5.32 Å². The molecule has 86 valence electrons. The van der Waals surface area contributed by atoms with Gasteiger partial charge in [0.1, 0.15) is 0 Å². The predicted octanol–water partition coefficient (Wildman–Crippen LogP) is 1.72. The minimum atomic E-state index is -1.86. The summed E-state index contributed by atoms with van der Waals surface area (Å²) >= 11 is 0. The second-order valence-electron chi connectivity index (χ2n) is 3.92. The van der Waals surface area contributed by atoms with Crippen LogP contribution in [0.2, 0.25) is 0 Å². The zero-order valence-electron chi connectivity index (χ0n) is 12.2. The largest absolute Gasteiger partial charge is 0.326 e. The van der Waals surface area contributed by atoms with E-state index in [4.69, 9.17) is 4.11 Å². The Kier molecular flexibility index (Phi) is 2.51. The average Bonchev–Trinajstić information content (AvgIpc) is 2.68. The molecule has 0 unspecified atom stereocenters. The SMILES string of the molecule is [2H]C([2H])([2H])CCNCCc1cccc2c1CC(=O)N2. The lowest BCUT2D eigenvalue weighted by atomic mass is 10.0. The highest BCUT2D eigenvalue weighted by molar-refractivity contribution is 5.99. The monoisotopic (exact) mass is 221 g/mol. The lowest BCUT2D eigenvalue weighted by Crippen LogP contribution is -2.18. The molecule has 1 amide bonds. The zero-order chi connectivity index (χ0) is 13.9. The molecule has 3 heteroatoms. The molecule has 1 aromatic rings. The van der Waals surface area contributed by atoms with E-state index in [-0.39, 0.29) is 12.3 Å². The van der Waals surface area contributed by atoms with Gasteiger partial charge in [-0.3, -0.25) is 4.79 Å². The topological polar surface area (TPSA) is 41.1 Å². The van der Waals surface area contributed by atoms with Crippen molar-refractivity contribution in [2.45, 2.75) is 26.1 Å². The van der Waals surface area contributed by atoms with E-state index in [1.165, 1.54) is 0 Å². The molecule has 3 nitrogen and oxygen atoms in total. The van der Waals surface area contributed by atoms with Crippen molar-refractivity contribution in [2.24, 2.45) is 0 Å². The average molecular weight is 221 g/mol.